The zero-order valence-electron chi connectivity index (χ0n) is 14.6. The first-order valence-corrected chi connectivity index (χ1v) is 8.10. The number of hydrogen-bond donors (Lipinski definition) is 0. The zero-order valence-corrected chi connectivity index (χ0v) is 14.6. The fourth-order valence-corrected chi connectivity index (χ4v) is 2.43. The monoisotopic (exact) mass is 332 g/mol. The van der Waals surface area contributed by atoms with Crippen LogP contribution < -0.4 is 0 Å². The SMILES string of the molecule is Cc1ncc(-c2ccccc2)o1.Cc1ncc(-c2ccccc2C)o1. The largest absolute Gasteiger partial charge is 0.441 e. The Bertz CT molecular complexity index is 939. The molecule has 0 atom stereocenters. The van der Waals surface area contributed by atoms with E-state index in [0.29, 0.717) is 11.8 Å². The lowest BCUT2D eigenvalue weighted by Crippen LogP contribution is -1.78. The minimum Gasteiger partial charge on any atom is -0.441 e. The fraction of sp³-hybridized carbons (Fsp3) is 0.143. The molecule has 0 unspecified atom stereocenters. The van der Waals surface area contributed by atoms with Gasteiger partial charge >= 0.3 is 0 Å². The highest BCUT2D eigenvalue weighted by molar-refractivity contribution is 5.60. The van der Waals surface area contributed by atoms with E-state index in [4.69, 9.17) is 8.83 Å². The highest BCUT2D eigenvalue weighted by Crippen LogP contribution is 2.23. The van der Waals surface area contributed by atoms with Crippen molar-refractivity contribution in [2.24, 2.45) is 0 Å². The van der Waals surface area contributed by atoms with Crippen molar-refractivity contribution in [3.63, 3.8) is 0 Å². The second-order valence-electron chi connectivity index (χ2n) is 5.67. The Labute approximate surface area is 147 Å². The van der Waals surface area contributed by atoms with Gasteiger partial charge in [-0.05, 0) is 12.5 Å². The number of rotatable bonds is 2. The summed E-state index contributed by atoms with van der Waals surface area (Å²) in [6.07, 6.45) is 3.50. The lowest BCUT2D eigenvalue weighted by Gasteiger charge is -1.99. The summed E-state index contributed by atoms with van der Waals surface area (Å²) in [5.74, 6) is 3.08. The van der Waals surface area contributed by atoms with Crippen molar-refractivity contribution in [1.29, 1.82) is 0 Å². The molecule has 0 saturated carbocycles. The zero-order chi connectivity index (χ0) is 17.6. The van der Waals surface area contributed by atoms with Gasteiger partial charge in [-0.3, -0.25) is 0 Å². The van der Waals surface area contributed by atoms with Crippen molar-refractivity contribution in [2.75, 3.05) is 0 Å². The van der Waals surface area contributed by atoms with Crippen LogP contribution in [0.15, 0.2) is 75.8 Å². The molecule has 25 heavy (non-hydrogen) atoms. The summed E-state index contributed by atoms with van der Waals surface area (Å²) in [4.78, 5) is 8.09. The quantitative estimate of drug-likeness (QED) is 0.479. The van der Waals surface area contributed by atoms with Crippen molar-refractivity contribution < 1.29 is 8.83 Å². The third-order valence-electron chi connectivity index (χ3n) is 3.71. The van der Waals surface area contributed by atoms with Gasteiger partial charge in [0.05, 0.1) is 12.4 Å². The Morgan fingerprint density at radius 3 is 1.76 bits per heavy atom. The number of oxazole rings is 2. The van der Waals surface area contributed by atoms with Gasteiger partial charge in [0.15, 0.2) is 23.3 Å². The Kier molecular flexibility index (Phi) is 5.09. The maximum absolute atomic E-state index is 5.44. The van der Waals surface area contributed by atoms with Crippen molar-refractivity contribution in [3.05, 3.63) is 84.3 Å². The number of benzene rings is 2. The Morgan fingerprint density at radius 2 is 1.20 bits per heavy atom. The molecular weight excluding hydrogens is 312 g/mol. The summed E-state index contributed by atoms with van der Waals surface area (Å²) in [6.45, 7) is 5.75. The van der Waals surface area contributed by atoms with Gasteiger partial charge in [0, 0.05) is 25.0 Å². The average molecular weight is 332 g/mol. The molecule has 0 amide bonds. The van der Waals surface area contributed by atoms with E-state index in [1.807, 2.05) is 62.4 Å². The molecule has 2 heterocycles. The average Bonchev–Trinajstić information content (AvgIpc) is 3.25. The standard InChI is InChI=1S/C11H11NO.C10H9NO/c1-8-5-3-4-6-10(8)11-7-12-9(2)13-11;1-8-11-7-10(12-8)9-5-3-2-4-6-9/h3-7H,1-2H3;2-7H,1H3. The normalized spacial score (nSPS) is 10.2. The molecule has 0 N–H and O–H groups in total. The molecule has 2 aromatic heterocycles. The van der Waals surface area contributed by atoms with Gasteiger partial charge in [0.25, 0.3) is 0 Å². The molecule has 0 aliphatic rings. The predicted octanol–water partition coefficient (Wildman–Crippen LogP) is 5.61. The smallest absolute Gasteiger partial charge is 0.191 e. The van der Waals surface area contributed by atoms with E-state index in [1.165, 1.54) is 5.56 Å². The molecule has 0 radical (unpaired) electrons. The van der Waals surface area contributed by atoms with Crippen molar-refractivity contribution in [3.8, 4) is 22.6 Å². The third-order valence-corrected chi connectivity index (χ3v) is 3.71. The minimum atomic E-state index is 0.703. The van der Waals surface area contributed by atoms with Crippen molar-refractivity contribution in [2.45, 2.75) is 20.8 Å². The van der Waals surface area contributed by atoms with E-state index < -0.39 is 0 Å². The third kappa shape index (κ3) is 4.23. The minimum absolute atomic E-state index is 0.703. The number of hydrogen-bond acceptors (Lipinski definition) is 4. The van der Waals surface area contributed by atoms with Crippen LogP contribution >= 0.6 is 0 Å². The molecule has 4 nitrogen and oxygen atoms in total. The van der Waals surface area contributed by atoms with Crippen LogP contribution in [-0.2, 0) is 0 Å². The van der Waals surface area contributed by atoms with Crippen LogP contribution in [0.4, 0.5) is 0 Å². The van der Waals surface area contributed by atoms with Gasteiger partial charge in [-0.1, -0.05) is 54.6 Å². The van der Waals surface area contributed by atoms with E-state index in [-0.39, 0.29) is 0 Å². The maximum atomic E-state index is 5.44. The summed E-state index contributed by atoms with van der Waals surface area (Å²) in [5, 5.41) is 0. The Balaban J connectivity index is 0.000000146. The first kappa shape index (κ1) is 16.7. The molecule has 0 spiro atoms. The molecule has 0 fully saturated rings. The van der Waals surface area contributed by atoms with Gasteiger partial charge in [-0.25, -0.2) is 9.97 Å². The van der Waals surface area contributed by atoms with Crippen molar-refractivity contribution >= 4 is 0 Å². The van der Waals surface area contributed by atoms with Crippen LogP contribution in [0.2, 0.25) is 0 Å². The molecule has 2 aromatic carbocycles. The van der Waals surface area contributed by atoms with E-state index in [0.717, 1.165) is 22.6 Å². The Morgan fingerprint density at radius 1 is 0.640 bits per heavy atom. The molecule has 4 rings (SSSR count). The van der Waals surface area contributed by atoms with Crippen molar-refractivity contribution in [1.82, 2.24) is 9.97 Å². The summed E-state index contributed by atoms with van der Waals surface area (Å²) in [7, 11) is 0. The number of aromatic nitrogens is 2. The van der Waals surface area contributed by atoms with Gasteiger partial charge in [-0.2, -0.15) is 0 Å². The predicted molar refractivity (Wildman–Crippen MR) is 98.1 cm³/mol. The van der Waals surface area contributed by atoms with Crippen LogP contribution in [0.5, 0.6) is 0 Å². The molecule has 126 valence electrons. The summed E-state index contributed by atoms with van der Waals surface area (Å²) in [5.41, 5.74) is 3.39. The van der Waals surface area contributed by atoms with E-state index in [2.05, 4.69) is 23.0 Å². The van der Waals surface area contributed by atoms with Gasteiger partial charge < -0.3 is 8.83 Å². The van der Waals surface area contributed by atoms with Crippen LogP contribution in [0, 0.1) is 20.8 Å². The lowest BCUT2D eigenvalue weighted by molar-refractivity contribution is 0.534. The fourth-order valence-electron chi connectivity index (χ4n) is 2.43. The number of nitrogens with zero attached hydrogens (tertiary/aromatic N) is 2. The summed E-state index contributed by atoms with van der Waals surface area (Å²) < 4.78 is 10.8. The van der Waals surface area contributed by atoms with Crippen LogP contribution in [0.3, 0.4) is 0 Å². The van der Waals surface area contributed by atoms with Crippen LogP contribution in [0.25, 0.3) is 22.6 Å². The molecule has 4 aromatic rings. The van der Waals surface area contributed by atoms with Crippen LogP contribution in [0.1, 0.15) is 17.3 Å². The highest BCUT2D eigenvalue weighted by Gasteiger charge is 2.05. The van der Waals surface area contributed by atoms with E-state index in [1.54, 1.807) is 12.4 Å². The van der Waals surface area contributed by atoms with E-state index in [9.17, 15) is 0 Å². The molecule has 0 bridgehead atoms. The number of aryl methyl sites for hydroxylation is 3. The second kappa shape index (κ2) is 7.62. The molecule has 0 aliphatic carbocycles. The molecule has 4 heteroatoms. The van der Waals surface area contributed by atoms with Gasteiger partial charge in [0.1, 0.15) is 0 Å². The topological polar surface area (TPSA) is 52.1 Å². The molecule has 0 aliphatic heterocycles. The summed E-state index contributed by atoms with van der Waals surface area (Å²) >= 11 is 0. The first-order chi connectivity index (χ1) is 12.1. The van der Waals surface area contributed by atoms with Gasteiger partial charge in [0.2, 0.25) is 0 Å². The molecule has 0 saturated heterocycles. The maximum Gasteiger partial charge on any atom is 0.191 e. The Hall–Kier alpha value is -3.14. The van der Waals surface area contributed by atoms with Gasteiger partial charge in [-0.15, -0.1) is 0 Å². The summed E-state index contributed by atoms with van der Waals surface area (Å²) in [6, 6.07) is 18.1. The second-order valence-corrected chi connectivity index (χ2v) is 5.67. The highest BCUT2D eigenvalue weighted by atomic mass is 16.4. The van der Waals surface area contributed by atoms with Crippen LogP contribution in [-0.4, -0.2) is 9.97 Å². The van der Waals surface area contributed by atoms with E-state index >= 15 is 0 Å². The molecular formula is C21H20N2O2. The lowest BCUT2D eigenvalue weighted by atomic mass is 10.1. The first-order valence-electron chi connectivity index (χ1n) is 8.10.